The monoisotopic (exact) mass is 214 g/mol. The van der Waals surface area contributed by atoms with E-state index in [1.807, 2.05) is 11.8 Å². The van der Waals surface area contributed by atoms with Gasteiger partial charge in [0.2, 0.25) is 5.91 Å². The lowest BCUT2D eigenvalue weighted by Gasteiger charge is -2.30. The van der Waals surface area contributed by atoms with Crippen molar-refractivity contribution in [2.75, 3.05) is 18.1 Å². The van der Waals surface area contributed by atoms with E-state index in [1.54, 1.807) is 0 Å². The van der Waals surface area contributed by atoms with Gasteiger partial charge in [-0.05, 0) is 37.7 Å². The number of nitrogens with zero attached hydrogens (tertiary/aromatic N) is 1. The van der Waals surface area contributed by atoms with E-state index in [0.717, 1.165) is 0 Å². The van der Waals surface area contributed by atoms with E-state index in [2.05, 4.69) is 17.1 Å². The van der Waals surface area contributed by atoms with Gasteiger partial charge in [-0.3, -0.25) is 10.1 Å². The molecule has 2 unspecified atom stereocenters. The van der Waals surface area contributed by atoms with Crippen molar-refractivity contribution in [2.24, 2.45) is 0 Å². The highest BCUT2D eigenvalue weighted by Crippen LogP contribution is 2.23. The van der Waals surface area contributed by atoms with Crippen LogP contribution in [0.2, 0.25) is 0 Å². The van der Waals surface area contributed by atoms with Crippen LogP contribution in [-0.2, 0) is 4.79 Å². The van der Waals surface area contributed by atoms with Gasteiger partial charge in [-0.2, -0.15) is 11.8 Å². The van der Waals surface area contributed by atoms with Gasteiger partial charge in [0.1, 0.15) is 0 Å². The van der Waals surface area contributed by atoms with Crippen LogP contribution in [0.4, 0.5) is 0 Å². The molecular weight excluding hydrogens is 196 g/mol. The Hall–Kier alpha value is -0.220. The maximum absolute atomic E-state index is 11.7. The molecule has 2 aliphatic rings. The number of hydrogen-bond donors (Lipinski definition) is 1. The van der Waals surface area contributed by atoms with Gasteiger partial charge in [0, 0.05) is 6.04 Å². The highest BCUT2D eigenvalue weighted by atomic mass is 32.2. The molecule has 0 saturated carbocycles. The molecule has 2 saturated heterocycles. The first kappa shape index (κ1) is 10.3. The predicted molar refractivity (Wildman–Crippen MR) is 59.3 cm³/mol. The fourth-order valence-electron chi connectivity index (χ4n) is 2.33. The number of hydrogen-bond acceptors (Lipinski definition) is 3. The van der Waals surface area contributed by atoms with Crippen LogP contribution in [0.25, 0.3) is 0 Å². The molecule has 2 heterocycles. The van der Waals surface area contributed by atoms with E-state index in [-0.39, 0.29) is 12.1 Å². The lowest BCUT2D eigenvalue weighted by atomic mass is 10.1. The summed E-state index contributed by atoms with van der Waals surface area (Å²) in [6.07, 6.45) is 3.86. The van der Waals surface area contributed by atoms with Gasteiger partial charge in [-0.1, -0.05) is 0 Å². The predicted octanol–water partition coefficient (Wildman–Crippen LogP) is 1.05. The number of thioether (sulfide) groups is 1. The molecule has 0 radical (unpaired) electrons. The van der Waals surface area contributed by atoms with Crippen LogP contribution in [0.1, 0.15) is 26.2 Å². The van der Waals surface area contributed by atoms with Gasteiger partial charge in [-0.25, -0.2) is 0 Å². The molecule has 80 valence electrons. The first-order chi connectivity index (χ1) is 6.79. The molecule has 1 N–H and O–H groups in total. The molecule has 1 amide bonds. The average Bonchev–Trinajstić information content (AvgIpc) is 2.45. The summed E-state index contributed by atoms with van der Waals surface area (Å²) in [4.78, 5) is 13.7. The lowest BCUT2D eigenvalue weighted by Crippen LogP contribution is -2.43. The molecule has 0 aromatic heterocycles. The maximum Gasteiger partial charge on any atom is 0.238 e. The Morgan fingerprint density at radius 1 is 1.43 bits per heavy atom. The van der Waals surface area contributed by atoms with Crippen molar-refractivity contribution in [2.45, 2.75) is 38.4 Å². The van der Waals surface area contributed by atoms with E-state index in [9.17, 15) is 4.79 Å². The van der Waals surface area contributed by atoms with Gasteiger partial charge in [0.15, 0.2) is 0 Å². The zero-order valence-corrected chi connectivity index (χ0v) is 9.48. The van der Waals surface area contributed by atoms with Gasteiger partial charge in [0.25, 0.3) is 0 Å². The van der Waals surface area contributed by atoms with Crippen molar-refractivity contribution < 1.29 is 4.79 Å². The maximum atomic E-state index is 11.7. The Balaban J connectivity index is 2.00. The molecule has 0 spiro atoms. The van der Waals surface area contributed by atoms with Gasteiger partial charge < -0.3 is 4.90 Å². The van der Waals surface area contributed by atoms with Crippen LogP contribution in [-0.4, -0.2) is 41.1 Å². The first-order valence-corrected chi connectivity index (χ1v) is 6.57. The fraction of sp³-hybridized carbons (Fsp3) is 0.900. The largest absolute Gasteiger partial charge is 0.323 e. The Bertz CT molecular complexity index is 214. The molecule has 4 heteroatoms. The molecule has 0 bridgehead atoms. The third-order valence-corrected chi connectivity index (χ3v) is 4.17. The van der Waals surface area contributed by atoms with Crippen LogP contribution in [0.5, 0.6) is 0 Å². The summed E-state index contributed by atoms with van der Waals surface area (Å²) in [7, 11) is 0. The van der Waals surface area contributed by atoms with E-state index < -0.39 is 0 Å². The third kappa shape index (κ3) is 2.06. The number of rotatable bonds is 1. The molecule has 2 fully saturated rings. The number of nitrogens with one attached hydrogen (secondary N) is 1. The standard InChI is InChI=1S/C10H18N2OS/c1-8-11-7-10(13)12(8)9-3-2-5-14-6-4-9/h8-9,11H,2-7H2,1H3. The smallest absolute Gasteiger partial charge is 0.238 e. The molecular formula is C10H18N2OS. The van der Waals surface area contributed by atoms with Gasteiger partial charge in [-0.15, -0.1) is 0 Å². The van der Waals surface area contributed by atoms with Crippen molar-refractivity contribution in [3.05, 3.63) is 0 Å². The minimum Gasteiger partial charge on any atom is -0.323 e. The molecule has 0 aliphatic carbocycles. The zero-order valence-electron chi connectivity index (χ0n) is 8.66. The molecule has 0 aromatic rings. The van der Waals surface area contributed by atoms with E-state index in [0.29, 0.717) is 12.6 Å². The number of carbonyl (C=O) groups is 1. The van der Waals surface area contributed by atoms with E-state index in [1.165, 1.54) is 30.8 Å². The zero-order chi connectivity index (χ0) is 9.97. The molecule has 14 heavy (non-hydrogen) atoms. The summed E-state index contributed by atoms with van der Waals surface area (Å²) in [6.45, 7) is 2.62. The van der Waals surface area contributed by atoms with E-state index in [4.69, 9.17) is 0 Å². The summed E-state index contributed by atoms with van der Waals surface area (Å²) in [5.41, 5.74) is 0. The topological polar surface area (TPSA) is 32.3 Å². The summed E-state index contributed by atoms with van der Waals surface area (Å²) in [6, 6.07) is 0.488. The minimum atomic E-state index is 0.246. The van der Waals surface area contributed by atoms with Crippen molar-refractivity contribution in [1.82, 2.24) is 10.2 Å². The first-order valence-electron chi connectivity index (χ1n) is 5.41. The quantitative estimate of drug-likeness (QED) is 0.708. The van der Waals surface area contributed by atoms with Crippen LogP contribution in [0.15, 0.2) is 0 Å². The second kappa shape index (κ2) is 4.53. The normalized spacial score (nSPS) is 34.6. The van der Waals surface area contributed by atoms with Crippen LogP contribution in [0, 0.1) is 0 Å². The molecule has 2 atom stereocenters. The third-order valence-electron chi connectivity index (χ3n) is 3.07. The van der Waals surface area contributed by atoms with Crippen LogP contribution >= 0.6 is 11.8 Å². The lowest BCUT2D eigenvalue weighted by molar-refractivity contribution is -0.130. The summed E-state index contributed by atoms with van der Waals surface area (Å²) in [5, 5.41) is 3.21. The second-order valence-electron chi connectivity index (χ2n) is 4.05. The average molecular weight is 214 g/mol. The van der Waals surface area contributed by atoms with Gasteiger partial charge in [0.05, 0.1) is 12.7 Å². The summed E-state index contributed by atoms with van der Waals surface area (Å²) >= 11 is 2.02. The van der Waals surface area contributed by atoms with Crippen molar-refractivity contribution >= 4 is 17.7 Å². The second-order valence-corrected chi connectivity index (χ2v) is 5.28. The highest BCUT2D eigenvalue weighted by molar-refractivity contribution is 7.99. The highest BCUT2D eigenvalue weighted by Gasteiger charge is 2.32. The summed E-state index contributed by atoms with van der Waals surface area (Å²) < 4.78 is 0. The van der Waals surface area contributed by atoms with Crippen LogP contribution < -0.4 is 5.32 Å². The Labute approximate surface area is 89.6 Å². The van der Waals surface area contributed by atoms with Crippen LogP contribution in [0.3, 0.4) is 0 Å². The molecule has 0 aromatic carbocycles. The SMILES string of the molecule is CC1NCC(=O)N1C1CCCSCC1. The Morgan fingerprint density at radius 3 is 3.00 bits per heavy atom. The summed E-state index contributed by atoms with van der Waals surface area (Å²) in [5.74, 6) is 2.76. The molecule has 3 nitrogen and oxygen atoms in total. The number of amides is 1. The van der Waals surface area contributed by atoms with Crippen molar-refractivity contribution in [3.63, 3.8) is 0 Å². The molecule has 2 aliphatic heterocycles. The van der Waals surface area contributed by atoms with Crippen molar-refractivity contribution in [3.8, 4) is 0 Å². The number of carbonyl (C=O) groups excluding carboxylic acids is 1. The van der Waals surface area contributed by atoms with E-state index >= 15 is 0 Å². The Kier molecular flexibility index (Phi) is 3.34. The minimum absolute atomic E-state index is 0.246. The van der Waals surface area contributed by atoms with Gasteiger partial charge >= 0.3 is 0 Å². The Morgan fingerprint density at radius 2 is 2.29 bits per heavy atom. The molecule has 2 rings (SSSR count). The van der Waals surface area contributed by atoms with Crippen molar-refractivity contribution in [1.29, 1.82) is 0 Å². The fourth-order valence-corrected chi connectivity index (χ4v) is 3.34.